The van der Waals surface area contributed by atoms with E-state index in [4.69, 9.17) is 4.98 Å². The third-order valence-corrected chi connectivity index (χ3v) is 3.57. The number of aromatic nitrogens is 1. The summed E-state index contributed by atoms with van der Waals surface area (Å²) < 4.78 is 0. The minimum atomic E-state index is 0.0152. The van der Waals surface area contributed by atoms with Crippen LogP contribution >= 0.6 is 0 Å². The molecule has 0 aromatic carbocycles. The van der Waals surface area contributed by atoms with Crippen LogP contribution in [0.1, 0.15) is 58.2 Å². The highest BCUT2D eigenvalue weighted by molar-refractivity contribution is 5.46. The third kappa shape index (κ3) is 3.47. The van der Waals surface area contributed by atoms with Crippen molar-refractivity contribution in [3.05, 3.63) is 23.4 Å². The molecule has 1 N–H and O–H groups in total. The molecule has 0 atom stereocenters. The van der Waals surface area contributed by atoms with Crippen molar-refractivity contribution in [1.82, 2.24) is 4.98 Å². The summed E-state index contributed by atoms with van der Waals surface area (Å²) in [5.41, 5.74) is 2.05. The monoisotopic (exact) mass is 262 g/mol. The van der Waals surface area contributed by atoms with Crippen LogP contribution in [-0.4, -0.2) is 22.7 Å². The van der Waals surface area contributed by atoms with Crippen LogP contribution in [-0.2, 0) is 12.0 Å². The van der Waals surface area contributed by atoms with Crippen molar-refractivity contribution in [2.75, 3.05) is 11.4 Å². The second-order valence-corrected chi connectivity index (χ2v) is 6.55. The molecule has 3 nitrogen and oxygen atoms in total. The first kappa shape index (κ1) is 14.3. The topological polar surface area (TPSA) is 36.4 Å². The quantitative estimate of drug-likeness (QED) is 0.885. The van der Waals surface area contributed by atoms with Gasteiger partial charge in [-0.05, 0) is 37.0 Å². The summed E-state index contributed by atoms with van der Waals surface area (Å²) in [6.07, 6.45) is 3.68. The maximum absolute atomic E-state index is 9.47. The molecule has 19 heavy (non-hydrogen) atoms. The molecular formula is C16H26N2O. The molecule has 1 aliphatic rings. The van der Waals surface area contributed by atoms with Crippen LogP contribution in [0, 0.1) is 0 Å². The molecule has 0 aliphatic heterocycles. The van der Waals surface area contributed by atoms with Crippen molar-refractivity contribution in [2.24, 2.45) is 0 Å². The van der Waals surface area contributed by atoms with Gasteiger partial charge in [-0.15, -0.1) is 0 Å². The molecule has 0 unspecified atom stereocenters. The molecule has 0 radical (unpaired) electrons. The van der Waals surface area contributed by atoms with Crippen LogP contribution in [0.5, 0.6) is 0 Å². The summed E-state index contributed by atoms with van der Waals surface area (Å²) >= 11 is 0. The fourth-order valence-electron chi connectivity index (χ4n) is 2.30. The predicted molar refractivity (Wildman–Crippen MR) is 79.5 cm³/mol. The summed E-state index contributed by atoms with van der Waals surface area (Å²) in [5, 5.41) is 9.47. The maximum atomic E-state index is 9.47. The van der Waals surface area contributed by atoms with Gasteiger partial charge in [0.15, 0.2) is 0 Å². The van der Waals surface area contributed by atoms with E-state index in [1.807, 2.05) is 12.1 Å². The summed E-state index contributed by atoms with van der Waals surface area (Å²) in [5.74, 6) is 1.04. The molecule has 0 amide bonds. The minimum absolute atomic E-state index is 0.0152. The Hall–Kier alpha value is -1.09. The zero-order valence-corrected chi connectivity index (χ0v) is 12.6. The first-order valence-corrected chi connectivity index (χ1v) is 7.34. The molecule has 1 aliphatic carbocycles. The van der Waals surface area contributed by atoms with Gasteiger partial charge in [0.05, 0.1) is 6.61 Å². The van der Waals surface area contributed by atoms with Crippen LogP contribution in [0.3, 0.4) is 0 Å². The van der Waals surface area contributed by atoms with E-state index >= 15 is 0 Å². The van der Waals surface area contributed by atoms with Gasteiger partial charge in [-0.25, -0.2) is 4.98 Å². The van der Waals surface area contributed by atoms with E-state index in [1.165, 1.54) is 12.8 Å². The first-order valence-electron chi connectivity index (χ1n) is 7.34. The van der Waals surface area contributed by atoms with E-state index in [0.29, 0.717) is 6.04 Å². The standard InChI is InChI=1S/C16H26N2O/c1-5-8-18(13-6-7-13)15-10-12(11-19)9-14(17-15)16(2,3)4/h9-10,13,19H,5-8,11H2,1-4H3. The number of nitrogens with zero attached hydrogens (tertiary/aromatic N) is 2. The van der Waals surface area contributed by atoms with Gasteiger partial charge in [0.2, 0.25) is 0 Å². The fourth-order valence-corrected chi connectivity index (χ4v) is 2.30. The lowest BCUT2D eigenvalue weighted by Crippen LogP contribution is -2.28. The van der Waals surface area contributed by atoms with Crippen molar-refractivity contribution in [3.8, 4) is 0 Å². The number of hydrogen-bond donors (Lipinski definition) is 1. The molecule has 1 saturated carbocycles. The van der Waals surface area contributed by atoms with Gasteiger partial charge in [0.1, 0.15) is 5.82 Å². The second-order valence-electron chi connectivity index (χ2n) is 6.55. The molecule has 0 saturated heterocycles. The van der Waals surface area contributed by atoms with Crippen LogP contribution in [0.25, 0.3) is 0 Å². The van der Waals surface area contributed by atoms with Crippen LogP contribution < -0.4 is 4.90 Å². The molecule has 1 heterocycles. The van der Waals surface area contributed by atoms with Gasteiger partial charge < -0.3 is 10.0 Å². The highest BCUT2D eigenvalue weighted by Gasteiger charge is 2.30. The minimum Gasteiger partial charge on any atom is -0.392 e. The summed E-state index contributed by atoms with van der Waals surface area (Å²) in [6, 6.07) is 4.73. The summed E-state index contributed by atoms with van der Waals surface area (Å²) in [7, 11) is 0. The van der Waals surface area contributed by atoms with Crippen LogP contribution in [0.4, 0.5) is 5.82 Å². The average molecular weight is 262 g/mol. The number of rotatable bonds is 5. The highest BCUT2D eigenvalue weighted by Crippen LogP contribution is 2.33. The average Bonchev–Trinajstić information content (AvgIpc) is 3.18. The fraction of sp³-hybridized carbons (Fsp3) is 0.688. The molecule has 1 fully saturated rings. The Kier molecular flexibility index (Phi) is 4.14. The molecule has 1 aromatic heterocycles. The molecule has 106 valence electrons. The van der Waals surface area contributed by atoms with Crippen molar-refractivity contribution in [1.29, 1.82) is 0 Å². The summed E-state index contributed by atoms with van der Waals surface area (Å²) in [6.45, 7) is 9.85. The Balaban J connectivity index is 2.37. The number of pyridine rings is 1. The van der Waals surface area contributed by atoms with Gasteiger partial charge in [-0.3, -0.25) is 0 Å². The van der Waals surface area contributed by atoms with E-state index in [0.717, 1.165) is 30.0 Å². The third-order valence-electron chi connectivity index (χ3n) is 3.57. The lowest BCUT2D eigenvalue weighted by atomic mass is 9.91. The van der Waals surface area contributed by atoms with Gasteiger partial charge in [0.25, 0.3) is 0 Å². The van der Waals surface area contributed by atoms with Crippen molar-refractivity contribution in [3.63, 3.8) is 0 Å². The zero-order valence-electron chi connectivity index (χ0n) is 12.6. The van der Waals surface area contributed by atoms with Crippen molar-refractivity contribution < 1.29 is 5.11 Å². The second kappa shape index (κ2) is 5.49. The first-order chi connectivity index (χ1) is 8.95. The van der Waals surface area contributed by atoms with Crippen LogP contribution in [0.15, 0.2) is 12.1 Å². The molecular weight excluding hydrogens is 236 g/mol. The zero-order chi connectivity index (χ0) is 14.0. The van der Waals surface area contributed by atoms with E-state index in [-0.39, 0.29) is 12.0 Å². The SMILES string of the molecule is CCCN(c1cc(CO)cc(C(C)(C)C)n1)C1CC1. The Morgan fingerprint density at radius 3 is 2.47 bits per heavy atom. The Morgan fingerprint density at radius 2 is 2.00 bits per heavy atom. The van der Waals surface area contributed by atoms with Crippen molar-refractivity contribution in [2.45, 2.75) is 65.0 Å². The predicted octanol–water partition coefficient (Wildman–Crippen LogP) is 3.25. The molecule has 2 rings (SSSR count). The van der Waals surface area contributed by atoms with Crippen LogP contribution in [0.2, 0.25) is 0 Å². The van der Waals surface area contributed by atoms with E-state index < -0.39 is 0 Å². The van der Waals surface area contributed by atoms with E-state index in [2.05, 4.69) is 32.6 Å². The van der Waals surface area contributed by atoms with Gasteiger partial charge in [-0.2, -0.15) is 0 Å². The van der Waals surface area contributed by atoms with E-state index in [1.54, 1.807) is 0 Å². The van der Waals surface area contributed by atoms with Crippen molar-refractivity contribution >= 4 is 5.82 Å². The number of anilines is 1. The normalized spacial score (nSPS) is 15.6. The number of aliphatic hydroxyl groups is 1. The Labute approximate surface area is 116 Å². The smallest absolute Gasteiger partial charge is 0.129 e. The highest BCUT2D eigenvalue weighted by atomic mass is 16.3. The van der Waals surface area contributed by atoms with E-state index in [9.17, 15) is 5.11 Å². The lowest BCUT2D eigenvalue weighted by molar-refractivity contribution is 0.281. The Morgan fingerprint density at radius 1 is 1.32 bits per heavy atom. The number of aliphatic hydroxyl groups excluding tert-OH is 1. The van der Waals surface area contributed by atoms with Gasteiger partial charge in [0, 0.05) is 23.7 Å². The largest absolute Gasteiger partial charge is 0.392 e. The molecule has 0 spiro atoms. The van der Waals surface area contributed by atoms with Gasteiger partial charge >= 0.3 is 0 Å². The number of hydrogen-bond acceptors (Lipinski definition) is 3. The molecule has 3 heteroatoms. The Bertz CT molecular complexity index is 433. The maximum Gasteiger partial charge on any atom is 0.129 e. The van der Waals surface area contributed by atoms with Gasteiger partial charge in [-0.1, -0.05) is 27.7 Å². The lowest BCUT2D eigenvalue weighted by Gasteiger charge is -2.26. The molecule has 1 aromatic rings. The summed E-state index contributed by atoms with van der Waals surface area (Å²) in [4.78, 5) is 7.26. The molecule has 0 bridgehead atoms.